The zero-order valence-electron chi connectivity index (χ0n) is 43.6. The van der Waals surface area contributed by atoms with Crippen LogP contribution in [0.3, 0.4) is 0 Å². The van der Waals surface area contributed by atoms with Crippen LogP contribution in [-0.2, 0) is 10.8 Å². The molecule has 2 aliphatic heterocycles. The second-order valence-corrected chi connectivity index (χ2v) is 22.8. The molecule has 13 aromatic carbocycles. The zero-order chi connectivity index (χ0) is 50.5. The first-order valence-corrected chi connectivity index (χ1v) is 27.1. The van der Waals surface area contributed by atoms with Crippen LogP contribution in [-0.4, -0.2) is 6.71 Å². The number of fused-ring (bicyclic) bond motifs is 18. The van der Waals surface area contributed by atoms with E-state index in [1.807, 2.05) is 0 Å². The molecular formula is C72H57BN2. The van der Waals surface area contributed by atoms with Gasteiger partial charge in [-0.05, 0) is 174 Å². The molecular weight excluding hydrogens is 904 g/mol. The Hall–Kier alpha value is -8.40. The number of hydrogen-bond acceptors (Lipinski definition) is 2. The highest BCUT2D eigenvalue weighted by atomic mass is 15.2. The van der Waals surface area contributed by atoms with Gasteiger partial charge < -0.3 is 9.80 Å². The van der Waals surface area contributed by atoms with Crippen molar-refractivity contribution in [3.8, 4) is 0 Å². The summed E-state index contributed by atoms with van der Waals surface area (Å²) in [5, 5.41) is 20.4. The van der Waals surface area contributed by atoms with Crippen molar-refractivity contribution in [1.82, 2.24) is 0 Å². The summed E-state index contributed by atoms with van der Waals surface area (Å²) in [6, 6.07) is 81.9. The fourth-order valence-electron chi connectivity index (χ4n) is 13.4. The van der Waals surface area contributed by atoms with Gasteiger partial charge in [0.25, 0.3) is 6.71 Å². The summed E-state index contributed by atoms with van der Waals surface area (Å²) in [6.45, 7) is 14.1. The van der Waals surface area contributed by atoms with E-state index in [9.17, 15) is 0 Å². The Bertz CT molecular complexity index is 4520. The summed E-state index contributed by atoms with van der Waals surface area (Å²) in [5.74, 6) is 0. The van der Waals surface area contributed by atoms with E-state index in [0.29, 0.717) is 0 Å². The molecule has 0 radical (unpaired) electrons. The minimum atomic E-state index is -0.0500. The molecule has 0 atom stereocenters. The molecule has 0 spiro atoms. The lowest BCUT2D eigenvalue weighted by Gasteiger charge is -2.44. The third-order valence-electron chi connectivity index (χ3n) is 18.2. The van der Waals surface area contributed by atoms with E-state index in [1.54, 1.807) is 0 Å². The van der Waals surface area contributed by atoms with Gasteiger partial charge in [0.15, 0.2) is 0 Å². The summed E-state index contributed by atoms with van der Waals surface area (Å²) < 4.78 is 0. The Morgan fingerprint density at radius 3 is 1.23 bits per heavy atom. The first-order valence-electron chi connectivity index (χ1n) is 27.1. The third-order valence-corrected chi connectivity index (χ3v) is 18.2. The molecule has 2 nitrogen and oxygen atoms in total. The number of nitrogens with zero attached hydrogens (tertiary/aromatic N) is 2. The lowest BCUT2D eigenvalue weighted by atomic mass is 9.33. The van der Waals surface area contributed by atoms with Crippen LogP contribution in [0.15, 0.2) is 212 Å². The topological polar surface area (TPSA) is 6.48 Å². The lowest BCUT2D eigenvalue weighted by Crippen LogP contribution is -2.61. The van der Waals surface area contributed by atoms with Gasteiger partial charge in [0.2, 0.25) is 0 Å². The van der Waals surface area contributed by atoms with Crippen LogP contribution in [0.4, 0.5) is 34.1 Å². The number of anilines is 6. The number of benzene rings is 13. The average Bonchev–Trinajstić information content (AvgIpc) is 3.48. The molecule has 3 heteroatoms. The molecule has 2 heterocycles. The maximum absolute atomic E-state index is 2.64. The molecule has 75 heavy (non-hydrogen) atoms. The zero-order valence-corrected chi connectivity index (χ0v) is 43.6. The van der Waals surface area contributed by atoms with Crippen molar-refractivity contribution in [2.45, 2.75) is 65.2 Å². The van der Waals surface area contributed by atoms with E-state index in [0.717, 1.165) is 18.5 Å². The second kappa shape index (κ2) is 16.1. The molecule has 2 aliphatic rings. The van der Waals surface area contributed by atoms with Crippen molar-refractivity contribution >= 4 is 143 Å². The van der Waals surface area contributed by atoms with Gasteiger partial charge in [0.1, 0.15) is 0 Å². The highest BCUT2D eigenvalue weighted by Crippen LogP contribution is 2.50. The molecule has 0 saturated heterocycles. The molecule has 15 rings (SSSR count). The molecule has 0 aromatic heterocycles. The largest absolute Gasteiger partial charge is 0.311 e. The second-order valence-electron chi connectivity index (χ2n) is 22.8. The van der Waals surface area contributed by atoms with Crippen molar-refractivity contribution in [2.24, 2.45) is 0 Å². The molecule has 0 bridgehead atoms. The van der Waals surface area contributed by atoms with Gasteiger partial charge in [-0.15, -0.1) is 0 Å². The molecule has 358 valence electrons. The van der Waals surface area contributed by atoms with E-state index in [1.165, 1.54) is 142 Å². The summed E-state index contributed by atoms with van der Waals surface area (Å²) in [4.78, 5) is 5.25. The van der Waals surface area contributed by atoms with Crippen molar-refractivity contribution in [3.05, 3.63) is 223 Å². The summed E-state index contributed by atoms with van der Waals surface area (Å²) >= 11 is 0. The quantitative estimate of drug-likeness (QED) is 0.121. The van der Waals surface area contributed by atoms with Crippen molar-refractivity contribution in [1.29, 1.82) is 0 Å². The van der Waals surface area contributed by atoms with Gasteiger partial charge >= 0.3 is 0 Å². The molecule has 0 N–H and O–H groups in total. The maximum Gasteiger partial charge on any atom is 0.252 e. The Morgan fingerprint density at radius 1 is 0.320 bits per heavy atom. The summed E-state index contributed by atoms with van der Waals surface area (Å²) in [6.07, 6.45) is 2.13. The van der Waals surface area contributed by atoms with Crippen molar-refractivity contribution < 1.29 is 0 Å². The predicted octanol–water partition coefficient (Wildman–Crippen LogP) is 18.4. The van der Waals surface area contributed by atoms with E-state index >= 15 is 0 Å². The molecule has 0 unspecified atom stereocenters. The first-order chi connectivity index (χ1) is 36.6. The minimum absolute atomic E-state index is 0.0426. The van der Waals surface area contributed by atoms with Crippen LogP contribution in [0.1, 0.15) is 65.5 Å². The molecule has 0 amide bonds. The van der Waals surface area contributed by atoms with Gasteiger partial charge in [-0.1, -0.05) is 211 Å². The smallest absolute Gasteiger partial charge is 0.252 e. The Morgan fingerprint density at radius 2 is 0.720 bits per heavy atom. The lowest BCUT2D eigenvalue weighted by molar-refractivity contribution is 0.507. The Labute approximate surface area is 439 Å². The maximum atomic E-state index is 2.64. The van der Waals surface area contributed by atoms with Crippen LogP contribution in [0.5, 0.6) is 0 Å². The third kappa shape index (κ3) is 6.34. The van der Waals surface area contributed by atoms with Crippen LogP contribution in [0.25, 0.3) is 86.2 Å². The highest BCUT2D eigenvalue weighted by Gasteiger charge is 2.44. The average molecular weight is 961 g/mol. The highest BCUT2D eigenvalue weighted by molar-refractivity contribution is 7.00. The SMILES string of the molecule is CCC(C)(C)c1ccc2cc3c(cc2c1)B1c2cc4cc(C(C)(C)CC)ccc4cc2N(c2cccc4c5ccccc5c5ccccc5c24)c2cccc(c21)N3c1ccc2c3ccccc3c3ccccc3c2c1. The number of hydrogen-bond donors (Lipinski definition) is 0. The molecule has 0 saturated carbocycles. The standard InChI is InChI=1S/C72H57BN2/c1-7-71(3,4)48-33-31-44-41-67-62(39-46(44)37-48)73-63-40-47-38-49(72(5,6)8-2)34-32-45(47)42-68(63)75(64-28-17-27-60-56-23-13-11-22-54(56)55-24-15-16-26-59(55)69(60)64)66-30-18-29-65(70(66)73)74(67)50-35-36-58-53-21-10-9-19-51(53)52-20-12-14-25-57(52)61(58)43-50/h9-43H,7-8H2,1-6H3. The van der Waals surface area contributed by atoms with Gasteiger partial charge in [0, 0.05) is 33.8 Å². The van der Waals surface area contributed by atoms with Crippen LogP contribution in [0, 0.1) is 0 Å². The van der Waals surface area contributed by atoms with E-state index < -0.39 is 0 Å². The summed E-state index contributed by atoms with van der Waals surface area (Å²) in [7, 11) is 0. The van der Waals surface area contributed by atoms with Crippen LogP contribution >= 0.6 is 0 Å². The van der Waals surface area contributed by atoms with Crippen molar-refractivity contribution in [2.75, 3.05) is 9.80 Å². The van der Waals surface area contributed by atoms with Gasteiger partial charge in [-0.25, -0.2) is 0 Å². The normalized spacial score (nSPS) is 13.5. The van der Waals surface area contributed by atoms with Gasteiger partial charge in [0.05, 0.1) is 5.69 Å². The summed E-state index contributed by atoms with van der Waals surface area (Å²) in [5.41, 5.74) is 14.1. The monoisotopic (exact) mass is 960 g/mol. The van der Waals surface area contributed by atoms with Gasteiger partial charge in [-0.2, -0.15) is 0 Å². The molecule has 0 fully saturated rings. The van der Waals surface area contributed by atoms with Crippen LogP contribution in [0.2, 0.25) is 0 Å². The Balaban J connectivity index is 1.08. The molecule has 0 aliphatic carbocycles. The van der Waals surface area contributed by atoms with E-state index in [2.05, 4.69) is 264 Å². The first kappa shape index (κ1) is 44.1. The fraction of sp³-hybridized carbons (Fsp3) is 0.139. The van der Waals surface area contributed by atoms with E-state index in [-0.39, 0.29) is 17.5 Å². The van der Waals surface area contributed by atoms with Crippen molar-refractivity contribution in [3.63, 3.8) is 0 Å². The molecule has 13 aromatic rings. The fourth-order valence-corrected chi connectivity index (χ4v) is 13.4. The van der Waals surface area contributed by atoms with Crippen LogP contribution < -0.4 is 26.2 Å². The minimum Gasteiger partial charge on any atom is -0.311 e. The Kier molecular flexibility index (Phi) is 9.44. The number of rotatable bonds is 6. The van der Waals surface area contributed by atoms with E-state index in [4.69, 9.17) is 0 Å². The van der Waals surface area contributed by atoms with Gasteiger partial charge in [-0.3, -0.25) is 0 Å². The predicted molar refractivity (Wildman–Crippen MR) is 327 cm³/mol.